The van der Waals surface area contributed by atoms with Gasteiger partial charge in [0, 0.05) is 29.9 Å². The Morgan fingerprint density at radius 2 is 2.00 bits per heavy atom. The first-order valence-electron chi connectivity index (χ1n) is 6.35. The van der Waals surface area contributed by atoms with E-state index in [2.05, 4.69) is 32.6 Å². The molecule has 102 valence electrons. The van der Waals surface area contributed by atoms with Crippen LogP contribution in [0.25, 0.3) is 21.1 Å². The third kappa shape index (κ3) is 2.57. The van der Waals surface area contributed by atoms with Crippen LogP contribution in [0.15, 0.2) is 29.9 Å². The van der Waals surface area contributed by atoms with Crippen LogP contribution in [0.5, 0.6) is 0 Å². The summed E-state index contributed by atoms with van der Waals surface area (Å²) in [5.41, 5.74) is 3.12. The highest BCUT2D eigenvalue weighted by Gasteiger charge is 2.13. The minimum Gasteiger partial charge on any atom is -0.362 e. The number of thiazole rings is 2. The lowest BCUT2D eigenvalue weighted by Crippen LogP contribution is -1.94. The van der Waals surface area contributed by atoms with Crippen molar-refractivity contribution in [2.45, 2.75) is 13.8 Å². The molecule has 0 spiro atoms. The summed E-state index contributed by atoms with van der Waals surface area (Å²) < 4.78 is 0. The summed E-state index contributed by atoms with van der Waals surface area (Å²) in [5.74, 6) is 0. The quantitative estimate of drug-likeness (QED) is 0.789. The molecule has 3 heterocycles. The van der Waals surface area contributed by atoms with Crippen molar-refractivity contribution in [2.24, 2.45) is 0 Å². The topological polar surface area (TPSA) is 50.7 Å². The summed E-state index contributed by atoms with van der Waals surface area (Å²) >= 11 is 3.30. The summed E-state index contributed by atoms with van der Waals surface area (Å²) in [6.45, 7) is 4.99. The zero-order chi connectivity index (χ0) is 13.9. The molecule has 20 heavy (non-hydrogen) atoms. The van der Waals surface area contributed by atoms with E-state index in [-0.39, 0.29) is 0 Å². The van der Waals surface area contributed by atoms with Crippen molar-refractivity contribution in [2.75, 3.05) is 11.9 Å². The first-order valence-corrected chi connectivity index (χ1v) is 8.05. The summed E-state index contributed by atoms with van der Waals surface area (Å²) in [5, 5.41) is 7.29. The van der Waals surface area contributed by atoms with Gasteiger partial charge in [-0.2, -0.15) is 0 Å². The molecular formula is C14H14N4S2. The molecule has 0 unspecified atom stereocenters. The SMILES string of the molecule is CCNc1nc(-c2sc(-c3ccncc3)nc2C)cs1. The number of nitrogens with zero attached hydrogens (tertiary/aromatic N) is 3. The van der Waals surface area contributed by atoms with Crippen LogP contribution in [0.1, 0.15) is 12.6 Å². The molecule has 0 saturated carbocycles. The highest BCUT2D eigenvalue weighted by Crippen LogP contribution is 2.36. The van der Waals surface area contributed by atoms with E-state index in [4.69, 9.17) is 0 Å². The molecule has 3 rings (SSSR count). The number of aryl methyl sites for hydroxylation is 1. The number of pyridine rings is 1. The second-order valence-electron chi connectivity index (χ2n) is 4.24. The van der Waals surface area contributed by atoms with Crippen LogP contribution in [0, 0.1) is 6.92 Å². The van der Waals surface area contributed by atoms with Crippen LogP contribution in [-0.2, 0) is 0 Å². The van der Waals surface area contributed by atoms with Gasteiger partial charge in [-0.15, -0.1) is 22.7 Å². The molecule has 0 bridgehead atoms. The van der Waals surface area contributed by atoms with Crippen molar-refractivity contribution in [3.63, 3.8) is 0 Å². The van der Waals surface area contributed by atoms with Gasteiger partial charge in [0.25, 0.3) is 0 Å². The van der Waals surface area contributed by atoms with Crippen molar-refractivity contribution in [1.29, 1.82) is 0 Å². The summed E-state index contributed by atoms with van der Waals surface area (Å²) in [6, 6.07) is 3.96. The molecule has 0 saturated heterocycles. The van der Waals surface area contributed by atoms with Gasteiger partial charge >= 0.3 is 0 Å². The molecule has 0 aliphatic rings. The Morgan fingerprint density at radius 3 is 2.75 bits per heavy atom. The summed E-state index contributed by atoms with van der Waals surface area (Å²) in [4.78, 5) is 14.4. The van der Waals surface area contributed by atoms with E-state index < -0.39 is 0 Å². The molecule has 3 aromatic rings. The van der Waals surface area contributed by atoms with Crippen molar-refractivity contribution in [3.05, 3.63) is 35.6 Å². The molecule has 0 amide bonds. The first kappa shape index (κ1) is 13.2. The highest BCUT2D eigenvalue weighted by atomic mass is 32.1. The van der Waals surface area contributed by atoms with Crippen molar-refractivity contribution >= 4 is 27.8 Å². The van der Waals surface area contributed by atoms with E-state index >= 15 is 0 Å². The molecule has 3 aromatic heterocycles. The molecule has 1 N–H and O–H groups in total. The standard InChI is InChI=1S/C14H14N4S2/c1-3-16-14-18-11(8-19-14)12-9(2)17-13(20-12)10-4-6-15-7-5-10/h4-8H,3H2,1-2H3,(H,16,18). The zero-order valence-corrected chi connectivity index (χ0v) is 12.9. The normalized spacial score (nSPS) is 10.7. The van der Waals surface area contributed by atoms with Gasteiger partial charge in [0.05, 0.1) is 16.3 Å². The molecule has 0 radical (unpaired) electrons. The lowest BCUT2D eigenvalue weighted by atomic mass is 10.3. The Morgan fingerprint density at radius 1 is 1.20 bits per heavy atom. The lowest BCUT2D eigenvalue weighted by Gasteiger charge is -1.94. The van der Waals surface area contributed by atoms with Crippen LogP contribution in [0.3, 0.4) is 0 Å². The van der Waals surface area contributed by atoms with E-state index in [0.717, 1.165) is 38.5 Å². The average Bonchev–Trinajstić information content (AvgIpc) is 3.07. The Balaban J connectivity index is 1.96. The molecule has 0 atom stereocenters. The Labute approximate surface area is 125 Å². The maximum atomic E-state index is 4.65. The number of anilines is 1. The fourth-order valence-corrected chi connectivity index (χ4v) is 3.74. The van der Waals surface area contributed by atoms with Gasteiger partial charge in [0.15, 0.2) is 5.13 Å². The van der Waals surface area contributed by atoms with Gasteiger partial charge in [-0.05, 0) is 26.0 Å². The Bertz CT molecular complexity index is 703. The average molecular weight is 302 g/mol. The molecule has 0 aliphatic carbocycles. The fourth-order valence-electron chi connectivity index (χ4n) is 1.86. The second-order valence-corrected chi connectivity index (χ2v) is 6.09. The van der Waals surface area contributed by atoms with E-state index in [1.807, 2.05) is 19.1 Å². The fraction of sp³-hybridized carbons (Fsp3) is 0.214. The molecule has 0 aliphatic heterocycles. The van der Waals surface area contributed by atoms with Crippen LogP contribution >= 0.6 is 22.7 Å². The van der Waals surface area contributed by atoms with Crippen molar-refractivity contribution in [3.8, 4) is 21.1 Å². The Hall–Kier alpha value is -1.79. The molecule has 6 heteroatoms. The number of aromatic nitrogens is 3. The summed E-state index contributed by atoms with van der Waals surface area (Å²) in [6.07, 6.45) is 3.58. The first-order chi connectivity index (χ1) is 9.78. The van der Waals surface area contributed by atoms with Crippen LogP contribution in [0.2, 0.25) is 0 Å². The van der Waals surface area contributed by atoms with E-state index in [1.54, 1.807) is 35.1 Å². The molecule has 0 fully saturated rings. The highest BCUT2D eigenvalue weighted by molar-refractivity contribution is 7.19. The summed E-state index contributed by atoms with van der Waals surface area (Å²) in [7, 11) is 0. The monoisotopic (exact) mass is 302 g/mol. The van der Waals surface area contributed by atoms with Gasteiger partial charge < -0.3 is 5.32 Å². The lowest BCUT2D eigenvalue weighted by molar-refractivity contribution is 1.19. The Kier molecular flexibility index (Phi) is 3.75. The van der Waals surface area contributed by atoms with Crippen molar-refractivity contribution in [1.82, 2.24) is 15.0 Å². The maximum Gasteiger partial charge on any atom is 0.183 e. The largest absolute Gasteiger partial charge is 0.362 e. The second kappa shape index (κ2) is 5.68. The van der Waals surface area contributed by atoms with Gasteiger partial charge in [-0.1, -0.05) is 0 Å². The number of nitrogens with one attached hydrogen (secondary N) is 1. The minimum atomic E-state index is 0.886. The van der Waals surface area contributed by atoms with E-state index in [0.29, 0.717) is 0 Å². The molecule has 4 nitrogen and oxygen atoms in total. The predicted octanol–water partition coefficient (Wildman–Crippen LogP) is 4.07. The third-order valence-electron chi connectivity index (χ3n) is 2.79. The van der Waals surface area contributed by atoms with Crippen LogP contribution < -0.4 is 5.32 Å². The van der Waals surface area contributed by atoms with Gasteiger partial charge in [-0.3, -0.25) is 4.98 Å². The number of hydrogen-bond acceptors (Lipinski definition) is 6. The number of rotatable bonds is 4. The smallest absolute Gasteiger partial charge is 0.183 e. The van der Waals surface area contributed by atoms with Crippen LogP contribution in [0.4, 0.5) is 5.13 Å². The third-order valence-corrected chi connectivity index (χ3v) is 4.82. The van der Waals surface area contributed by atoms with E-state index in [1.165, 1.54) is 0 Å². The minimum absolute atomic E-state index is 0.886. The zero-order valence-electron chi connectivity index (χ0n) is 11.3. The van der Waals surface area contributed by atoms with Crippen LogP contribution in [-0.4, -0.2) is 21.5 Å². The van der Waals surface area contributed by atoms with E-state index in [9.17, 15) is 0 Å². The van der Waals surface area contributed by atoms with Gasteiger partial charge in [0.2, 0.25) is 0 Å². The predicted molar refractivity (Wildman–Crippen MR) is 85.4 cm³/mol. The number of hydrogen-bond donors (Lipinski definition) is 1. The van der Waals surface area contributed by atoms with Gasteiger partial charge in [0.1, 0.15) is 5.01 Å². The molecular weight excluding hydrogens is 288 g/mol. The maximum absolute atomic E-state index is 4.65. The van der Waals surface area contributed by atoms with Crippen molar-refractivity contribution < 1.29 is 0 Å². The van der Waals surface area contributed by atoms with Gasteiger partial charge in [-0.25, -0.2) is 9.97 Å². The molecule has 0 aromatic carbocycles.